The molecule has 1 N–H and O–H groups in total. The first-order chi connectivity index (χ1) is 9.06. The molecule has 0 aromatic heterocycles. The number of benzene rings is 1. The average Bonchev–Trinajstić information content (AvgIpc) is 2.37. The minimum absolute atomic E-state index is 0.160. The zero-order valence-corrected chi connectivity index (χ0v) is 11.3. The third kappa shape index (κ3) is 5.23. The normalized spacial score (nSPS) is 12.7. The van der Waals surface area contributed by atoms with Crippen molar-refractivity contribution in [3.05, 3.63) is 35.1 Å². The van der Waals surface area contributed by atoms with Crippen molar-refractivity contribution >= 4 is 0 Å². The molecule has 108 valence electrons. The van der Waals surface area contributed by atoms with Crippen LogP contribution in [0.3, 0.4) is 0 Å². The molecule has 1 nitrogen and oxygen atoms in total. The number of aliphatic hydroxyl groups excluding tert-OH is 1. The highest BCUT2D eigenvalue weighted by molar-refractivity contribution is 5.22. The van der Waals surface area contributed by atoms with Crippen molar-refractivity contribution in [2.24, 2.45) is 0 Å². The Morgan fingerprint density at radius 3 is 2.16 bits per heavy atom. The van der Waals surface area contributed by atoms with Gasteiger partial charge in [0, 0.05) is 11.6 Å². The number of unbranched alkanes of at least 4 members (excludes halogenated alkanes) is 5. The lowest BCUT2D eigenvalue weighted by molar-refractivity contribution is 0.158. The Balaban J connectivity index is 2.41. The summed E-state index contributed by atoms with van der Waals surface area (Å²) >= 11 is 0. The van der Waals surface area contributed by atoms with E-state index in [4.69, 9.17) is 0 Å². The summed E-state index contributed by atoms with van der Waals surface area (Å²) < 4.78 is 39.1. The summed E-state index contributed by atoms with van der Waals surface area (Å²) in [4.78, 5) is 0. The molecule has 0 amide bonds. The Labute approximate surface area is 112 Å². The van der Waals surface area contributed by atoms with Gasteiger partial charge in [-0.2, -0.15) is 0 Å². The Hall–Kier alpha value is -1.03. The van der Waals surface area contributed by atoms with Gasteiger partial charge in [0.25, 0.3) is 0 Å². The molecule has 0 heterocycles. The van der Waals surface area contributed by atoms with Crippen LogP contribution in [-0.2, 0) is 0 Å². The molecule has 0 spiro atoms. The van der Waals surface area contributed by atoms with Crippen LogP contribution in [0.5, 0.6) is 0 Å². The van der Waals surface area contributed by atoms with E-state index in [0.717, 1.165) is 31.7 Å². The zero-order chi connectivity index (χ0) is 14.3. The van der Waals surface area contributed by atoms with Gasteiger partial charge in [0.05, 0.1) is 6.10 Å². The van der Waals surface area contributed by atoms with Gasteiger partial charge in [-0.25, -0.2) is 13.2 Å². The lowest BCUT2D eigenvalue weighted by atomic mass is 10.0. The van der Waals surface area contributed by atoms with E-state index >= 15 is 0 Å². The fourth-order valence-corrected chi connectivity index (χ4v) is 2.07. The minimum Gasteiger partial charge on any atom is -0.388 e. The van der Waals surface area contributed by atoms with Crippen molar-refractivity contribution in [2.45, 2.75) is 58.0 Å². The van der Waals surface area contributed by atoms with Gasteiger partial charge in [0.1, 0.15) is 5.82 Å². The van der Waals surface area contributed by atoms with Crippen LogP contribution in [-0.4, -0.2) is 5.11 Å². The largest absolute Gasteiger partial charge is 0.388 e. The maximum absolute atomic E-state index is 13.4. The Morgan fingerprint density at radius 2 is 1.47 bits per heavy atom. The lowest BCUT2D eigenvalue weighted by Gasteiger charge is -2.12. The van der Waals surface area contributed by atoms with Crippen LogP contribution < -0.4 is 0 Å². The third-order valence-electron chi connectivity index (χ3n) is 3.23. The van der Waals surface area contributed by atoms with Gasteiger partial charge in [-0.1, -0.05) is 45.4 Å². The first kappa shape index (κ1) is 16.0. The molecule has 1 atom stereocenters. The van der Waals surface area contributed by atoms with E-state index in [1.165, 1.54) is 12.8 Å². The molecule has 1 aromatic rings. The van der Waals surface area contributed by atoms with Crippen molar-refractivity contribution in [2.75, 3.05) is 0 Å². The van der Waals surface area contributed by atoms with Crippen molar-refractivity contribution in [1.82, 2.24) is 0 Å². The van der Waals surface area contributed by atoms with Crippen LogP contribution in [0.2, 0.25) is 0 Å². The van der Waals surface area contributed by atoms with Gasteiger partial charge >= 0.3 is 0 Å². The molecule has 0 aliphatic carbocycles. The van der Waals surface area contributed by atoms with Crippen LogP contribution in [0.1, 0.15) is 63.5 Å². The van der Waals surface area contributed by atoms with E-state index in [1.54, 1.807) is 0 Å². The second-order valence-corrected chi connectivity index (χ2v) is 4.86. The molecule has 0 aliphatic rings. The average molecular weight is 274 g/mol. The van der Waals surface area contributed by atoms with Crippen LogP contribution in [0.25, 0.3) is 0 Å². The van der Waals surface area contributed by atoms with Crippen LogP contribution in [0, 0.1) is 17.5 Å². The number of aliphatic hydroxyl groups is 1. The molecule has 4 heteroatoms. The summed E-state index contributed by atoms with van der Waals surface area (Å²) in [6.07, 6.45) is 5.62. The molecule has 0 saturated heterocycles. The van der Waals surface area contributed by atoms with Crippen molar-refractivity contribution < 1.29 is 18.3 Å². The van der Waals surface area contributed by atoms with Crippen LogP contribution in [0.4, 0.5) is 13.2 Å². The van der Waals surface area contributed by atoms with Crippen molar-refractivity contribution in [3.63, 3.8) is 0 Å². The quantitative estimate of drug-likeness (QED) is 0.528. The van der Waals surface area contributed by atoms with Gasteiger partial charge in [0.2, 0.25) is 0 Å². The Morgan fingerprint density at radius 1 is 0.895 bits per heavy atom. The molecule has 1 aromatic carbocycles. The molecule has 1 unspecified atom stereocenters. The second-order valence-electron chi connectivity index (χ2n) is 4.86. The molecule has 0 fully saturated rings. The molecular weight excluding hydrogens is 253 g/mol. The number of rotatable bonds is 8. The fourth-order valence-electron chi connectivity index (χ4n) is 2.07. The molecule has 0 radical (unpaired) electrons. The van der Waals surface area contributed by atoms with Gasteiger partial charge in [-0.3, -0.25) is 0 Å². The molecular formula is C15H21F3O. The third-order valence-corrected chi connectivity index (χ3v) is 3.23. The van der Waals surface area contributed by atoms with E-state index in [-0.39, 0.29) is 5.56 Å². The minimum atomic E-state index is -1.23. The fraction of sp³-hybridized carbons (Fsp3) is 0.600. The number of hydrogen-bond donors (Lipinski definition) is 1. The summed E-state index contributed by atoms with van der Waals surface area (Å²) in [6.45, 7) is 2.13. The Bertz CT molecular complexity index is 393. The van der Waals surface area contributed by atoms with Crippen molar-refractivity contribution in [3.8, 4) is 0 Å². The van der Waals surface area contributed by atoms with E-state index in [2.05, 4.69) is 6.92 Å². The van der Waals surface area contributed by atoms with E-state index < -0.39 is 23.6 Å². The van der Waals surface area contributed by atoms with E-state index in [1.807, 2.05) is 0 Å². The SMILES string of the molecule is CCCCCCCCC(O)c1cc(F)c(F)cc1F. The summed E-state index contributed by atoms with van der Waals surface area (Å²) in [6, 6.07) is 1.22. The van der Waals surface area contributed by atoms with E-state index in [0.29, 0.717) is 12.5 Å². The zero-order valence-electron chi connectivity index (χ0n) is 11.3. The maximum Gasteiger partial charge on any atom is 0.161 e. The number of hydrogen-bond acceptors (Lipinski definition) is 1. The summed E-state index contributed by atoms with van der Waals surface area (Å²) in [7, 11) is 0. The second kappa shape index (κ2) is 8.20. The van der Waals surface area contributed by atoms with Crippen molar-refractivity contribution in [1.29, 1.82) is 0 Å². The predicted molar refractivity (Wildman–Crippen MR) is 69.3 cm³/mol. The topological polar surface area (TPSA) is 20.2 Å². The molecule has 19 heavy (non-hydrogen) atoms. The van der Waals surface area contributed by atoms with Crippen LogP contribution >= 0.6 is 0 Å². The first-order valence-electron chi connectivity index (χ1n) is 6.88. The standard InChI is InChI=1S/C15H21F3O/c1-2-3-4-5-6-7-8-15(19)11-9-13(17)14(18)10-12(11)16/h9-10,15,19H,2-8H2,1H3. The molecule has 0 saturated carbocycles. The maximum atomic E-state index is 13.4. The Kier molecular flexibility index (Phi) is 6.92. The highest BCUT2D eigenvalue weighted by Crippen LogP contribution is 2.24. The summed E-state index contributed by atoms with van der Waals surface area (Å²) in [5.74, 6) is -3.25. The monoisotopic (exact) mass is 274 g/mol. The highest BCUT2D eigenvalue weighted by Gasteiger charge is 2.16. The van der Waals surface area contributed by atoms with Gasteiger partial charge in [-0.15, -0.1) is 0 Å². The summed E-state index contributed by atoms with van der Waals surface area (Å²) in [5.41, 5.74) is -0.160. The first-order valence-corrected chi connectivity index (χ1v) is 6.88. The van der Waals surface area contributed by atoms with Gasteiger partial charge < -0.3 is 5.11 Å². The smallest absolute Gasteiger partial charge is 0.161 e. The van der Waals surface area contributed by atoms with E-state index in [9.17, 15) is 18.3 Å². The van der Waals surface area contributed by atoms with Gasteiger partial charge in [0.15, 0.2) is 11.6 Å². The van der Waals surface area contributed by atoms with Gasteiger partial charge in [-0.05, 0) is 12.5 Å². The molecule has 0 bridgehead atoms. The predicted octanol–water partition coefficient (Wildman–Crippen LogP) is 4.89. The molecule has 0 aliphatic heterocycles. The summed E-state index contributed by atoms with van der Waals surface area (Å²) in [5, 5.41) is 9.79. The highest BCUT2D eigenvalue weighted by atomic mass is 19.2. The van der Waals surface area contributed by atoms with Crippen LogP contribution in [0.15, 0.2) is 12.1 Å². The number of halogens is 3. The lowest BCUT2D eigenvalue weighted by Crippen LogP contribution is -2.03. The molecule has 1 rings (SSSR count).